The number of H-pyrrole nitrogens is 1. The van der Waals surface area contributed by atoms with Crippen LogP contribution in [0, 0.1) is 0 Å². The fourth-order valence-corrected chi connectivity index (χ4v) is 3.32. The largest absolute Gasteiger partial charge is 0.459 e. The number of halogens is 1. The van der Waals surface area contributed by atoms with Gasteiger partial charge in [-0.25, -0.2) is 9.78 Å². The first-order chi connectivity index (χ1) is 14.5. The van der Waals surface area contributed by atoms with Gasteiger partial charge in [0.05, 0.1) is 18.0 Å². The average Bonchev–Trinajstić information content (AvgIpc) is 3.13. The molecule has 1 amide bonds. The lowest BCUT2D eigenvalue weighted by Crippen LogP contribution is -2.24. The summed E-state index contributed by atoms with van der Waals surface area (Å²) in [4.78, 5) is 46.2. The molecule has 30 heavy (non-hydrogen) atoms. The Morgan fingerprint density at radius 3 is 2.77 bits per heavy atom. The molecule has 158 valence electrons. The molecule has 2 aromatic heterocycles. The molecular weight excluding hydrogens is 505 g/mol. The minimum absolute atomic E-state index is 0.0300. The zero-order chi connectivity index (χ0) is 21.5. The van der Waals surface area contributed by atoms with Gasteiger partial charge in [-0.2, -0.15) is 4.98 Å². The summed E-state index contributed by atoms with van der Waals surface area (Å²) in [5.74, 6) is -0.747. The molecule has 2 heterocycles. The quantitative estimate of drug-likeness (QED) is 0.249. The van der Waals surface area contributed by atoms with E-state index in [9.17, 15) is 14.4 Å². The van der Waals surface area contributed by atoms with Gasteiger partial charge in [-0.15, -0.1) is 0 Å². The van der Waals surface area contributed by atoms with E-state index < -0.39 is 11.5 Å². The van der Waals surface area contributed by atoms with Crippen LogP contribution in [0.1, 0.15) is 23.7 Å². The summed E-state index contributed by atoms with van der Waals surface area (Å²) in [5.41, 5.74) is 0.411. The highest BCUT2D eigenvalue weighted by molar-refractivity contribution is 14.1. The number of amides is 1. The van der Waals surface area contributed by atoms with Gasteiger partial charge in [-0.05, 0) is 18.6 Å². The van der Waals surface area contributed by atoms with Crippen LogP contribution in [0.25, 0.3) is 11.2 Å². The Morgan fingerprint density at radius 1 is 1.30 bits per heavy atom. The summed E-state index contributed by atoms with van der Waals surface area (Å²) >= 11 is 2.22. The molecule has 3 rings (SSSR count). The lowest BCUT2D eigenvalue weighted by atomic mass is 10.2. The number of aromatic amines is 1. The van der Waals surface area contributed by atoms with Gasteiger partial charge in [-0.1, -0.05) is 40.8 Å². The van der Waals surface area contributed by atoms with Crippen LogP contribution in [-0.4, -0.2) is 48.5 Å². The number of carbonyl (C=O) groups excluding carboxylic acids is 2. The standard InChI is InChI=1S/C19H20IN5O5/c1-12(26)22-19-23-16-15(17(27)24-19)21-10-25(16)11-30-14(7-8-20)9-29-18(28)13-5-3-2-4-6-13/h2-6,10,14H,7-9,11H2,1H3,(H2,22,23,24,26,27)/t14-/m0/s1. The summed E-state index contributed by atoms with van der Waals surface area (Å²) < 4.78 is 13.6. The number of hydrogen-bond donors (Lipinski definition) is 2. The molecule has 1 atom stereocenters. The van der Waals surface area contributed by atoms with Gasteiger partial charge < -0.3 is 9.47 Å². The van der Waals surface area contributed by atoms with Gasteiger partial charge >= 0.3 is 5.97 Å². The van der Waals surface area contributed by atoms with Crippen LogP contribution >= 0.6 is 22.6 Å². The molecule has 0 saturated carbocycles. The molecule has 10 nitrogen and oxygen atoms in total. The predicted octanol–water partition coefficient (Wildman–Crippen LogP) is 2.10. The third-order valence-corrected chi connectivity index (χ3v) is 4.68. The monoisotopic (exact) mass is 525 g/mol. The van der Waals surface area contributed by atoms with E-state index in [1.165, 1.54) is 13.3 Å². The van der Waals surface area contributed by atoms with E-state index in [1.54, 1.807) is 28.8 Å². The second kappa shape index (κ2) is 10.3. The Labute approximate surface area is 185 Å². The number of ether oxygens (including phenoxy) is 2. The Balaban J connectivity index is 1.67. The summed E-state index contributed by atoms with van der Waals surface area (Å²) in [7, 11) is 0. The number of aromatic nitrogens is 4. The van der Waals surface area contributed by atoms with Crippen molar-refractivity contribution in [3.8, 4) is 0 Å². The molecule has 0 aliphatic rings. The Bertz CT molecular complexity index is 1080. The zero-order valence-electron chi connectivity index (χ0n) is 16.1. The van der Waals surface area contributed by atoms with E-state index in [0.29, 0.717) is 12.0 Å². The highest BCUT2D eigenvalue weighted by atomic mass is 127. The van der Waals surface area contributed by atoms with Crippen LogP contribution in [0.5, 0.6) is 0 Å². The number of alkyl halides is 1. The lowest BCUT2D eigenvalue weighted by molar-refractivity contribution is -0.114. The number of benzene rings is 1. The summed E-state index contributed by atoms with van der Waals surface area (Å²) in [6.45, 7) is 1.46. The first kappa shape index (κ1) is 21.9. The van der Waals surface area contributed by atoms with Crippen LogP contribution in [-0.2, 0) is 21.0 Å². The molecule has 0 fully saturated rings. The minimum atomic E-state index is -0.469. The molecule has 0 spiro atoms. The van der Waals surface area contributed by atoms with Gasteiger partial charge in [0.2, 0.25) is 11.9 Å². The maximum atomic E-state index is 12.1. The Hall–Kier alpha value is -2.80. The fraction of sp³-hybridized carbons (Fsp3) is 0.316. The molecular formula is C19H20IN5O5. The van der Waals surface area contributed by atoms with Crippen LogP contribution < -0.4 is 10.9 Å². The van der Waals surface area contributed by atoms with Crippen LogP contribution in [0.4, 0.5) is 5.95 Å². The SMILES string of the molecule is CC(=O)Nc1nc2c(ncn2CO[C@@H](CCI)COC(=O)c2ccccc2)c(=O)[nH]1. The van der Waals surface area contributed by atoms with Crippen molar-refractivity contribution in [3.05, 3.63) is 52.6 Å². The Kier molecular flexibility index (Phi) is 7.52. The molecule has 0 unspecified atom stereocenters. The number of anilines is 1. The molecule has 2 N–H and O–H groups in total. The van der Waals surface area contributed by atoms with E-state index in [-0.39, 0.29) is 42.5 Å². The molecule has 0 saturated heterocycles. The molecule has 11 heteroatoms. The van der Waals surface area contributed by atoms with Gasteiger partial charge in [0.25, 0.3) is 5.56 Å². The minimum Gasteiger partial charge on any atom is -0.459 e. The first-order valence-electron chi connectivity index (χ1n) is 9.10. The Morgan fingerprint density at radius 2 is 2.07 bits per heavy atom. The van der Waals surface area contributed by atoms with Gasteiger partial charge in [-0.3, -0.25) is 24.5 Å². The van der Waals surface area contributed by atoms with E-state index in [4.69, 9.17) is 9.47 Å². The first-order valence-corrected chi connectivity index (χ1v) is 10.6. The number of nitrogens with zero attached hydrogens (tertiary/aromatic N) is 3. The van der Waals surface area contributed by atoms with Crippen LogP contribution in [0.2, 0.25) is 0 Å². The third kappa shape index (κ3) is 5.63. The second-order valence-electron chi connectivity index (χ2n) is 6.34. The molecule has 0 aliphatic carbocycles. The number of hydrogen-bond acceptors (Lipinski definition) is 7. The van der Waals surface area contributed by atoms with Gasteiger partial charge in [0, 0.05) is 11.4 Å². The maximum Gasteiger partial charge on any atom is 0.338 e. The number of nitrogens with one attached hydrogen (secondary N) is 2. The van der Waals surface area contributed by atoms with Gasteiger partial charge in [0.15, 0.2) is 11.2 Å². The molecule has 0 bridgehead atoms. The highest BCUT2D eigenvalue weighted by Gasteiger charge is 2.16. The topological polar surface area (TPSA) is 128 Å². The third-order valence-electron chi connectivity index (χ3n) is 4.06. The van der Waals surface area contributed by atoms with Crippen LogP contribution in [0.15, 0.2) is 41.5 Å². The number of esters is 1. The average molecular weight is 525 g/mol. The number of imidazole rings is 1. The highest BCUT2D eigenvalue weighted by Crippen LogP contribution is 2.11. The van der Waals surface area contributed by atoms with E-state index in [0.717, 1.165) is 4.43 Å². The fourth-order valence-electron chi connectivity index (χ4n) is 2.62. The van der Waals surface area contributed by atoms with Crippen molar-refractivity contribution in [2.45, 2.75) is 26.2 Å². The van der Waals surface area contributed by atoms with E-state index >= 15 is 0 Å². The lowest BCUT2D eigenvalue weighted by Gasteiger charge is -2.17. The van der Waals surface area contributed by atoms with Crippen molar-refractivity contribution in [2.24, 2.45) is 0 Å². The van der Waals surface area contributed by atoms with Crippen molar-refractivity contribution in [1.82, 2.24) is 19.5 Å². The molecule has 0 aliphatic heterocycles. The number of fused-ring (bicyclic) bond motifs is 1. The molecule has 3 aromatic rings. The summed E-state index contributed by atoms with van der Waals surface area (Å²) in [6.07, 6.45) is 1.76. The molecule has 1 aromatic carbocycles. The van der Waals surface area contributed by atoms with Crippen molar-refractivity contribution in [1.29, 1.82) is 0 Å². The van der Waals surface area contributed by atoms with Crippen molar-refractivity contribution in [2.75, 3.05) is 16.4 Å². The normalized spacial score (nSPS) is 11.9. The second-order valence-corrected chi connectivity index (χ2v) is 7.42. The predicted molar refractivity (Wildman–Crippen MR) is 118 cm³/mol. The smallest absolute Gasteiger partial charge is 0.338 e. The molecule has 0 radical (unpaired) electrons. The van der Waals surface area contributed by atoms with E-state index in [1.807, 2.05) is 6.07 Å². The maximum absolute atomic E-state index is 12.1. The zero-order valence-corrected chi connectivity index (χ0v) is 18.3. The van der Waals surface area contributed by atoms with Crippen molar-refractivity contribution < 1.29 is 19.1 Å². The summed E-state index contributed by atoms with van der Waals surface area (Å²) in [6, 6.07) is 8.73. The van der Waals surface area contributed by atoms with Crippen molar-refractivity contribution in [3.63, 3.8) is 0 Å². The number of rotatable bonds is 9. The number of carbonyl (C=O) groups is 2. The summed E-state index contributed by atoms with van der Waals surface area (Å²) in [5, 5.41) is 2.44. The van der Waals surface area contributed by atoms with Gasteiger partial charge in [0.1, 0.15) is 13.3 Å². The van der Waals surface area contributed by atoms with Crippen molar-refractivity contribution >= 4 is 51.6 Å². The van der Waals surface area contributed by atoms with Crippen LogP contribution in [0.3, 0.4) is 0 Å². The van der Waals surface area contributed by atoms with E-state index in [2.05, 4.69) is 42.9 Å².